The molecular weight excluding hydrogens is 291 g/mol. The first kappa shape index (κ1) is 11.8. The van der Waals surface area contributed by atoms with Crippen LogP contribution in [-0.2, 0) is 6.54 Å². The van der Waals surface area contributed by atoms with Crippen molar-refractivity contribution in [3.63, 3.8) is 0 Å². The molecular formula is C11H8BrFN2O2. The lowest BCUT2D eigenvalue weighted by Gasteiger charge is -2.04. The van der Waals surface area contributed by atoms with Crippen molar-refractivity contribution in [2.75, 3.05) is 0 Å². The number of aromatic nitrogens is 2. The van der Waals surface area contributed by atoms with Crippen LogP contribution in [0, 0.1) is 5.82 Å². The third-order valence-corrected chi connectivity index (χ3v) is 2.69. The normalized spacial score (nSPS) is 10.5. The summed E-state index contributed by atoms with van der Waals surface area (Å²) in [5, 5.41) is 12.5. The zero-order valence-electron chi connectivity index (χ0n) is 8.60. The van der Waals surface area contributed by atoms with E-state index in [4.69, 9.17) is 5.11 Å². The number of nitrogens with zero attached hydrogens (tertiary/aromatic N) is 2. The minimum atomic E-state index is -1.10. The van der Waals surface area contributed by atoms with Gasteiger partial charge in [-0.25, -0.2) is 9.18 Å². The van der Waals surface area contributed by atoms with E-state index >= 15 is 0 Å². The maximum atomic E-state index is 13.4. The van der Waals surface area contributed by atoms with Gasteiger partial charge in [-0.3, -0.25) is 4.68 Å². The molecule has 0 saturated carbocycles. The van der Waals surface area contributed by atoms with E-state index in [1.54, 1.807) is 12.1 Å². The summed E-state index contributed by atoms with van der Waals surface area (Å²) in [5.74, 6) is -1.45. The Morgan fingerprint density at radius 2 is 2.24 bits per heavy atom. The summed E-state index contributed by atoms with van der Waals surface area (Å²) in [4.78, 5) is 10.6. The Labute approximate surface area is 105 Å². The molecule has 6 heteroatoms. The van der Waals surface area contributed by atoms with Crippen LogP contribution in [0.1, 0.15) is 16.1 Å². The molecule has 0 aliphatic heterocycles. The summed E-state index contributed by atoms with van der Waals surface area (Å²) in [6.45, 7) is 0.193. The molecule has 2 rings (SSSR count). The molecule has 0 spiro atoms. The maximum absolute atomic E-state index is 13.4. The predicted molar refractivity (Wildman–Crippen MR) is 62.4 cm³/mol. The molecule has 4 nitrogen and oxygen atoms in total. The van der Waals surface area contributed by atoms with Crippen molar-refractivity contribution in [3.05, 3.63) is 52.0 Å². The van der Waals surface area contributed by atoms with Gasteiger partial charge in [-0.1, -0.05) is 15.9 Å². The number of rotatable bonds is 3. The van der Waals surface area contributed by atoms with E-state index < -0.39 is 5.97 Å². The van der Waals surface area contributed by atoms with Crippen LogP contribution in [0.5, 0.6) is 0 Å². The van der Waals surface area contributed by atoms with Crippen molar-refractivity contribution in [1.82, 2.24) is 9.78 Å². The van der Waals surface area contributed by atoms with Gasteiger partial charge < -0.3 is 5.11 Å². The maximum Gasteiger partial charge on any atom is 0.356 e. The summed E-state index contributed by atoms with van der Waals surface area (Å²) >= 11 is 3.25. The van der Waals surface area contributed by atoms with Crippen molar-refractivity contribution in [2.24, 2.45) is 0 Å². The molecule has 17 heavy (non-hydrogen) atoms. The SMILES string of the molecule is O=C(O)c1ccn(Cc2cc(Br)ccc2F)n1. The molecule has 0 saturated heterocycles. The molecule has 0 radical (unpaired) electrons. The Kier molecular flexibility index (Phi) is 3.23. The number of hydrogen-bond donors (Lipinski definition) is 1. The Morgan fingerprint density at radius 3 is 2.88 bits per heavy atom. The summed E-state index contributed by atoms with van der Waals surface area (Å²) < 4.78 is 15.6. The first-order valence-electron chi connectivity index (χ1n) is 4.77. The minimum Gasteiger partial charge on any atom is -0.476 e. The number of carboxylic acids is 1. The minimum absolute atomic E-state index is 0.0552. The second kappa shape index (κ2) is 4.67. The third kappa shape index (κ3) is 2.71. The first-order valence-corrected chi connectivity index (χ1v) is 5.56. The zero-order chi connectivity index (χ0) is 12.4. The summed E-state index contributed by atoms with van der Waals surface area (Å²) in [6.07, 6.45) is 1.50. The molecule has 0 unspecified atom stereocenters. The summed E-state index contributed by atoms with van der Waals surface area (Å²) in [6, 6.07) is 5.96. The molecule has 1 N–H and O–H groups in total. The Balaban J connectivity index is 2.25. The van der Waals surface area contributed by atoms with Gasteiger partial charge in [0, 0.05) is 16.2 Å². The first-order chi connectivity index (χ1) is 8.06. The summed E-state index contributed by atoms with van der Waals surface area (Å²) in [7, 11) is 0. The molecule has 0 aliphatic rings. The highest BCUT2D eigenvalue weighted by Crippen LogP contribution is 2.16. The molecule has 0 atom stereocenters. The van der Waals surface area contributed by atoms with Gasteiger partial charge >= 0.3 is 5.97 Å². The summed E-state index contributed by atoms with van der Waals surface area (Å²) in [5.41, 5.74) is 0.389. The van der Waals surface area contributed by atoms with E-state index in [0.29, 0.717) is 5.56 Å². The van der Waals surface area contributed by atoms with Gasteiger partial charge in [0.15, 0.2) is 5.69 Å². The van der Waals surface area contributed by atoms with Gasteiger partial charge in [0.25, 0.3) is 0 Å². The lowest BCUT2D eigenvalue weighted by Crippen LogP contribution is -2.05. The number of carbonyl (C=O) groups is 1. The Morgan fingerprint density at radius 1 is 1.47 bits per heavy atom. The number of aromatic carboxylic acids is 1. The van der Waals surface area contributed by atoms with Crippen LogP contribution in [0.15, 0.2) is 34.9 Å². The molecule has 1 heterocycles. The lowest BCUT2D eigenvalue weighted by atomic mass is 10.2. The highest BCUT2D eigenvalue weighted by Gasteiger charge is 2.08. The lowest BCUT2D eigenvalue weighted by molar-refractivity contribution is 0.0689. The Bertz CT molecular complexity index is 568. The van der Waals surface area contributed by atoms with Gasteiger partial charge in [0.1, 0.15) is 5.82 Å². The molecule has 0 aliphatic carbocycles. The molecule has 1 aromatic heterocycles. The highest BCUT2D eigenvalue weighted by atomic mass is 79.9. The van der Waals surface area contributed by atoms with E-state index in [-0.39, 0.29) is 18.1 Å². The quantitative estimate of drug-likeness (QED) is 0.947. The van der Waals surface area contributed by atoms with E-state index in [9.17, 15) is 9.18 Å². The van der Waals surface area contributed by atoms with Crippen LogP contribution >= 0.6 is 15.9 Å². The monoisotopic (exact) mass is 298 g/mol. The molecule has 1 aromatic carbocycles. The number of hydrogen-bond acceptors (Lipinski definition) is 2. The van der Waals surface area contributed by atoms with Crippen LogP contribution in [0.2, 0.25) is 0 Å². The van der Waals surface area contributed by atoms with E-state index in [1.807, 2.05) is 0 Å². The van der Waals surface area contributed by atoms with E-state index in [2.05, 4.69) is 21.0 Å². The van der Waals surface area contributed by atoms with Gasteiger partial charge in [-0.15, -0.1) is 0 Å². The van der Waals surface area contributed by atoms with Crippen LogP contribution in [-0.4, -0.2) is 20.9 Å². The Hall–Kier alpha value is -1.69. The van der Waals surface area contributed by atoms with Crippen molar-refractivity contribution in [1.29, 1.82) is 0 Å². The van der Waals surface area contributed by atoms with Gasteiger partial charge in [-0.2, -0.15) is 5.10 Å². The van der Waals surface area contributed by atoms with Gasteiger partial charge in [0.05, 0.1) is 6.54 Å². The molecule has 2 aromatic rings. The number of carboxylic acid groups (broad SMARTS) is 1. The van der Waals surface area contributed by atoms with Crippen LogP contribution in [0.25, 0.3) is 0 Å². The molecule has 0 amide bonds. The fourth-order valence-electron chi connectivity index (χ4n) is 1.40. The van der Waals surface area contributed by atoms with Crippen molar-refractivity contribution in [2.45, 2.75) is 6.54 Å². The molecule has 0 fully saturated rings. The van der Waals surface area contributed by atoms with Gasteiger partial charge in [-0.05, 0) is 24.3 Å². The zero-order valence-corrected chi connectivity index (χ0v) is 10.2. The number of halogens is 2. The molecule has 88 valence electrons. The van der Waals surface area contributed by atoms with E-state index in [0.717, 1.165) is 4.47 Å². The average molecular weight is 299 g/mol. The van der Waals surface area contributed by atoms with Crippen molar-refractivity contribution >= 4 is 21.9 Å². The van der Waals surface area contributed by atoms with Crippen LogP contribution in [0.4, 0.5) is 4.39 Å². The number of benzene rings is 1. The van der Waals surface area contributed by atoms with Crippen LogP contribution in [0.3, 0.4) is 0 Å². The average Bonchev–Trinajstić information content (AvgIpc) is 2.72. The highest BCUT2D eigenvalue weighted by molar-refractivity contribution is 9.10. The standard InChI is InChI=1S/C11H8BrFN2O2/c12-8-1-2-9(13)7(5-8)6-15-4-3-10(14-15)11(16)17/h1-5H,6H2,(H,16,17). The topological polar surface area (TPSA) is 55.1 Å². The smallest absolute Gasteiger partial charge is 0.356 e. The predicted octanol–water partition coefficient (Wildman–Crippen LogP) is 2.53. The second-order valence-corrected chi connectivity index (χ2v) is 4.36. The van der Waals surface area contributed by atoms with Crippen LogP contribution < -0.4 is 0 Å². The van der Waals surface area contributed by atoms with Gasteiger partial charge in [0.2, 0.25) is 0 Å². The fraction of sp³-hybridized carbons (Fsp3) is 0.0909. The third-order valence-electron chi connectivity index (χ3n) is 2.20. The second-order valence-electron chi connectivity index (χ2n) is 3.44. The van der Waals surface area contributed by atoms with Crippen molar-refractivity contribution < 1.29 is 14.3 Å². The fourth-order valence-corrected chi connectivity index (χ4v) is 1.81. The largest absolute Gasteiger partial charge is 0.476 e. The van der Waals surface area contributed by atoms with Crippen molar-refractivity contribution in [3.8, 4) is 0 Å². The van der Waals surface area contributed by atoms with E-state index in [1.165, 1.54) is 23.0 Å². The molecule has 0 bridgehead atoms.